The Bertz CT molecular complexity index is 1660. The summed E-state index contributed by atoms with van der Waals surface area (Å²) >= 11 is 0. The molecule has 2 aromatic carbocycles. The fraction of sp³-hybridized carbons (Fsp3) is 0.529. The van der Waals surface area contributed by atoms with Crippen molar-refractivity contribution in [1.29, 1.82) is 0 Å². The molecule has 2 spiro atoms. The Labute approximate surface area is 276 Å². The number of aromatic nitrogens is 3. The van der Waals surface area contributed by atoms with Crippen molar-refractivity contribution in [3.05, 3.63) is 66.0 Å². The summed E-state index contributed by atoms with van der Waals surface area (Å²) in [6.45, 7) is 8.30. The first-order valence-electron chi connectivity index (χ1n) is 16.7. The lowest BCUT2D eigenvalue weighted by Gasteiger charge is -2.39. The number of hydrogen-bond donors (Lipinski definition) is 3. The molecule has 4 aliphatic heterocycles. The highest BCUT2D eigenvalue weighted by Gasteiger charge is 2.66. The number of benzene rings is 2. The predicted octanol–water partition coefficient (Wildman–Crippen LogP) is 2.61. The molecular formula is C34H45N7O5Si. The summed E-state index contributed by atoms with van der Waals surface area (Å²) in [7, 11) is -1.06. The van der Waals surface area contributed by atoms with E-state index in [2.05, 4.69) is 32.7 Å². The molecule has 0 aliphatic carbocycles. The van der Waals surface area contributed by atoms with Gasteiger partial charge in [-0.3, -0.25) is 19.2 Å². The molecule has 3 aromatic rings. The zero-order valence-corrected chi connectivity index (χ0v) is 28.6. The minimum absolute atomic E-state index is 0.000624. The van der Waals surface area contributed by atoms with E-state index in [0.29, 0.717) is 44.6 Å². The molecule has 0 radical (unpaired) electrons. The molecule has 3 saturated heterocycles. The van der Waals surface area contributed by atoms with Crippen molar-refractivity contribution < 1.29 is 24.2 Å². The number of fused-ring (bicyclic) bond motifs is 2. The van der Waals surface area contributed by atoms with Crippen LogP contribution in [0.4, 0.5) is 17.1 Å². The van der Waals surface area contributed by atoms with Gasteiger partial charge in [-0.15, -0.1) is 5.10 Å². The summed E-state index contributed by atoms with van der Waals surface area (Å²) in [5.74, 6) is -0.387. The van der Waals surface area contributed by atoms with Gasteiger partial charge in [0.1, 0.15) is 5.54 Å². The van der Waals surface area contributed by atoms with Gasteiger partial charge in [0.25, 0.3) is 11.8 Å². The predicted molar refractivity (Wildman–Crippen MR) is 181 cm³/mol. The van der Waals surface area contributed by atoms with Crippen LogP contribution in [0, 0.1) is 5.92 Å². The molecule has 4 atom stereocenters. The van der Waals surface area contributed by atoms with E-state index in [-0.39, 0.29) is 29.9 Å². The SMILES string of the molecule is C[C@@H]1[C@@H]([Si](C)(C)O)[C@H](CCn2cc(CCO)nn2)O[C@@]12C(=O)N(C)c1ccc(N3CN(c4ccccc4)C4(CCNCC4)C3=O)cc12. The average molecular weight is 660 g/mol. The topological polar surface area (TPSA) is 136 Å². The third-order valence-corrected chi connectivity index (χ3v) is 13.5. The Morgan fingerprint density at radius 1 is 1.06 bits per heavy atom. The maximum absolute atomic E-state index is 14.5. The van der Waals surface area contributed by atoms with E-state index in [0.717, 1.165) is 35.7 Å². The van der Waals surface area contributed by atoms with E-state index in [4.69, 9.17) is 4.74 Å². The van der Waals surface area contributed by atoms with E-state index < -0.39 is 25.6 Å². The second kappa shape index (κ2) is 11.8. The van der Waals surface area contributed by atoms with Crippen LogP contribution in [0.2, 0.25) is 18.6 Å². The number of anilines is 3. The molecule has 13 heteroatoms. The van der Waals surface area contributed by atoms with Crippen LogP contribution in [0.5, 0.6) is 0 Å². The van der Waals surface area contributed by atoms with Gasteiger partial charge < -0.3 is 29.8 Å². The van der Waals surface area contributed by atoms with Gasteiger partial charge in [0.05, 0.1) is 24.2 Å². The van der Waals surface area contributed by atoms with Gasteiger partial charge in [0.15, 0.2) is 13.9 Å². The number of likely N-dealkylation sites (N-methyl/N-ethyl adjacent to an activating group) is 1. The summed E-state index contributed by atoms with van der Waals surface area (Å²) in [5.41, 5.74) is 1.81. The molecule has 5 heterocycles. The number of aliphatic hydroxyl groups excluding tert-OH is 1. The van der Waals surface area contributed by atoms with Gasteiger partial charge in [0.2, 0.25) is 0 Å². The number of aryl methyl sites for hydroxylation is 1. The molecule has 47 heavy (non-hydrogen) atoms. The number of carbonyl (C=O) groups excluding carboxylic acids is 2. The highest BCUT2D eigenvalue weighted by Crippen LogP contribution is 2.60. The number of para-hydroxylation sites is 1. The summed E-state index contributed by atoms with van der Waals surface area (Å²) in [4.78, 5) is 46.2. The maximum atomic E-state index is 14.5. The summed E-state index contributed by atoms with van der Waals surface area (Å²) < 4.78 is 8.68. The molecule has 12 nitrogen and oxygen atoms in total. The van der Waals surface area contributed by atoms with Gasteiger partial charge in [-0.25, -0.2) is 0 Å². The number of amides is 2. The molecule has 0 bridgehead atoms. The van der Waals surface area contributed by atoms with Crippen LogP contribution < -0.4 is 20.0 Å². The molecule has 0 unspecified atom stereocenters. The largest absolute Gasteiger partial charge is 0.432 e. The zero-order chi connectivity index (χ0) is 33.1. The number of piperidine rings is 1. The monoisotopic (exact) mass is 659 g/mol. The lowest BCUT2D eigenvalue weighted by Crippen LogP contribution is -2.55. The third kappa shape index (κ3) is 5.01. The van der Waals surface area contributed by atoms with Crippen LogP contribution in [0.15, 0.2) is 54.7 Å². The number of rotatable bonds is 8. The van der Waals surface area contributed by atoms with Crippen molar-refractivity contribution in [1.82, 2.24) is 20.3 Å². The van der Waals surface area contributed by atoms with Crippen LogP contribution >= 0.6 is 0 Å². The fourth-order valence-electron chi connectivity index (χ4n) is 8.71. The van der Waals surface area contributed by atoms with E-state index in [1.165, 1.54) is 0 Å². The van der Waals surface area contributed by atoms with Crippen molar-refractivity contribution >= 4 is 37.2 Å². The normalized spacial score (nSPS) is 27.1. The molecule has 2 amide bonds. The van der Waals surface area contributed by atoms with Gasteiger partial charge in [-0.1, -0.05) is 30.3 Å². The summed E-state index contributed by atoms with van der Waals surface area (Å²) in [5, 5.41) is 21.0. The Kier molecular flexibility index (Phi) is 8.03. The molecule has 250 valence electrons. The molecule has 7 rings (SSSR count). The summed E-state index contributed by atoms with van der Waals surface area (Å²) in [6, 6.07) is 16.0. The minimum Gasteiger partial charge on any atom is -0.432 e. The maximum Gasteiger partial charge on any atom is 0.264 e. The smallest absolute Gasteiger partial charge is 0.264 e. The first kappa shape index (κ1) is 31.9. The molecule has 3 N–H and O–H groups in total. The number of nitrogens with one attached hydrogen (secondary N) is 1. The van der Waals surface area contributed by atoms with E-state index in [9.17, 15) is 19.5 Å². The Morgan fingerprint density at radius 2 is 1.81 bits per heavy atom. The molecule has 0 saturated carbocycles. The highest BCUT2D eigenvalue weighted by atomic mass is 28.4. The van der Waals surface area contributed by atoms with Gasteiger partial charge in [-0.05, 0) is 75.8 Å². The van der Waals surface area contributed by atoms with Crippen molar-refractivity contribution in [2.75, 3.05) is 48.1 Å². The second-order valence-electron chi connectivity index (χ2n) is 14.1. The van der Waals surface area contributed by atoms with Crippen molar-refractivity contribution in [2.45, 2.75) is 75.0 Å². The lowest BCUT2D eigenvalue weighted by molar-refractivity contribution is -0.145. The number of carbonyl (C=O) groups is 2. The highest BCUT2D eigenvalue weighted by molar-refractivity contribution is 6.71. The quantitative estimate of drug-likeness (QED) is 0.312. The first-order valence-corrected chi connectivity index (χ1v) is 19.7. The van der Waals surface area contributed by atoms with Crippen LogP contribution in [0.3, 0.4) is 0 Å². The van der Waals surface area contributed by atoms with E-state index >= 15 is 0 Å². The number of nitrogens with zero attached hydrogens (tertiary/aromatic N) is 6. The zero-order valence-electron chi connectivity index (χ0n) is 27.6. The van der Waals surface area contributed by atoms with Crippen LogP contribution in [0.1, 0.15) is 37.4 Å². The van der Waals surface area contributed by atoms with Crippen molar-refractivity contribution in [3.8, 4) is 0 Å². The van der Waals surface area contributed by atoms with Crippen molar-refractivity contribution in [3.63, 3.8) is 0 Å². The number of ether oxygens (including phenoxy) is 1. The lowest BCUT2D eigenvalue weighted by atomic mass is 9.82. The Balaban J connectivity index is 1.25. The average Bonchev–Trinajstić information content (AvgIpc) is 3.77. The minimum atomic E-state index is -2.84. The van der Waals surface area contributed by atoms with E-state index in [1.807, 2.05) is 67.5 Å². The standard InChI is InChI=1S/C34H45N7O5Si/c1-23-30(47(3,4)45)29(12-18-39-21-24(13-19-42)36-37-39)46-34(23)27-20-26(10-11-28(27)38(2)32(34)44)40-22-41(25-8-6-5-7-9-25)33(31(40)43)14-16-35-17-15-33/h5-11,20-21,23,29-30,35,42,45H,12-19,22H2,1-4H3/t23-,29+,30-,34+/m1/s1. The molecule has 1 aromatic heterocycles. The fourth-order valence-corrected chi connectivity index (χ4v) is 11.3. The third-order valence-electron chi connectivity index (χ3n) is 10.9. The van der Waals surface area contributed by atoms with E-state index in [1.54, 1.807) is 16.6 Å². The van der Waals surface area contributed by atoms with Gasteiger partial charge >= 0.3 is 0 Å². The molecule has 3 fully saturated rings. The van der Waals surface area contributed by atoms with Crippen molar-refractivity contribution in [2.24, 2.45) is 5.92 Å². The Morgan fingerprint density at radius 3 is 2.51 bits per heavy atom. The summed E-state index contributed by atoms with van der Waals surface area (Å²) in [6.07, 6.45) is 3.81. The van der Waals surface area contributed by atoms with Crippen LogP contribution in [-0.4, -0.2) is 90.1 Å². The number of hydrogen-bond acceptors (Lipinski definition) is 9. The molecular weight excluding hydrogens is 615 g/mol. The first-order chi connectivity index (χ1) is 22.5. The van der Waals surface area contributed by atoms with Crippen LogP contribution in [0.25, 0.3) is 0 Å². The van der Waals surface area contributed by atoms with Crippen LogP contribution in [-0.2, 0) is 32.9 Å². The second-order valence-corrected chi connectivity index (χ2v) is 18.1. The van der Waals surface area contributed by atoms with Gasteiger partial charge in [-0.2, -0.15) is 0 Å². The van der Waals surface area contributed by atoms with Gasteiger partial charge in [0, 0.05) is 61.2 Å². The number of aliphatic hydroxyl groups is 1. The molecule has 4 aliphatic rings. The Hall–Kier alpha value is -3.62.